The highest BCUT2D eigenvalue weighted by atomic mass is 16.5. The summed E-state index contributed by atoms with van der Waals surface area (Å²) in [5.41, 5.74) is 1.91. The fourth-order valence-corrected chi connectivity index (χ4v) is 1.79. The van der Waals surface area contributed by atoms with Gasteiger partial charge in [0.2, 0.25) is 0 Å². The molecular formula is C13H17NO2. The van der Waals surface area contributed by atoms with E-state index in [-0.39, 0.29) is 12.7 Å². The van der Waals surface area contributed by atoms with Crippen molar-refractivity contribution in [2.75, 3.05) is 11.9 Å². The highest BCUT2D eigenvalue weighted by molar-refractivity contribution is 5.50. The molecule has 1 aliphatic heterocycles. The number of hydrogen-bond acceptors (Lipinski definition) is 3. The summed E-state index contributed by atoms with van der Waals surface area (Å²) in [5, 5.41) is 12.5. The average molecular weight is 219 g/mol. The lowest BCUT2D eigenvalue weighted by Gasteiger charge is -2.21. The van der Waals surface area contributed by atoms with Gasteiger partial charge in [0.05, 0.1) is 19.4 Å². The van der Waals surface area contributed by atoms with Gasteiger partial charge >= 0.3 is 0 Å². The molecule has 86 valence electrons. The van der Waals surface area contributed by atoms with Crippen molar-refractivity contribution >= 4 is 5.69 Å². The van der Waals surface area contributed by atoms with E-state index >= 15 is 0 Å². The number of benzene rings is 1. The van der Waals surface area contributed by atoms with Crippen LogP contribution in [0.3, 0.4) is 0 Å². The van der Waals surface area contributed by atoms with Gasteiger partial charge in [-0.3, -0.25) is 0 Å². The molecule has 3 nitrogen and oxygen atoms in total. The summed E-state index contributed by atoms with van der Waals surface area (Å²) in [6.45, 7) is 0.843. The smallest absolute Gasteiger partial charge is 0.115 e. The second kappa shape index (κ2) is 5.56. The van der Waals surface area contributed by atoms with Crippen LogP contribution in [-0.4, -0.2) is 17.8 Å². The van der Waals surface area contributed by atoms with Gasteiger partial charge in [0.15, 0.2) is 0 Å². The lowest BCUT2D eigenvalue weighted by molar-refractivity contribution is 0.135. The molecule has 0 bridgehead atoms. The molecule has 3 heteroatoms. The van der Waals surface area contributed by atoms with Crippen molar-refractivity contribution in [1.29, 1.82) is 0 Å². The van der Waals surface area contributed by atoms with E-state index in [0.29, 0.717) is 0 Å². The molecule has 1 unspecified atom stereocenters. The van der Waals surface area contributed by atoms with Gasteiger partial charge in [-0.2, -0.15) is 0 Å². The zero-order valence-corrected chi connectivity index (χ0v) is 9.23. The number of aliphatic hydroxyl groups excluding tert-OH is 1. The number of nitrogens with one attached hydrogen (secondary N) is 1. The summed E-state index contributed by atoms with van der Waals surface area (Å²) in [4.78, 5) is 0. The fourth-order valence-electron chi connectivity index (χ4n) is 1.79. The SMILES string of the molecule is OCc1ccccc1NCC1CCC=CO1. The molecule has 0 aliphatic carbocycles. The van der Waals surface area contributed by atoms with Gasteiger partial charge in [0, 0.05) is 11.3 Å². The number of rotatable bonds is 4. The molecule has 1 aromatic carbocycles. The summed E-state index contributed by atoms with van der Waals surface area (Å²) in [6, 6.07) is 7.79. The number of para-hydroxylation sites is 1. The maximum atomic E-state index is 9.17. The minimum atomic E-state index is 0.0641. The Morgan fingerprint density at radius 1 is 1.38 bits per heavy atom. The molecule has 0 saturated carbocycles. The van der Waals surface area contributed by atoms with Crippen molar-refractivity contribution < 1.29 is 9.84 Å². The zero-order chi connectivity index (χ0) is 11.2. The van der Waals surface area contributed by atoms with E-state index in [4.69, 9.17) is 4.74 Å². The van der Waals surface area contributed by atoms with Gasteiger partial charge in [-0.05, 0) is 25.0 Å². The van der Waals surface area contributed by atoms with Crippen LogP contribution in [0.1, 0.15) is 18.4 Å². The minimum absolute atomic E-state index is 0.0641. The third-order valence-electron chi connectivity index (χ3n) is 2.73. The van der Waals surface area contributed by atoms with E-state index in [1.165, 1.54) is 0 Å². The summed E-state index contributed by atoms with van der Waals surface area (Å²) in [7, 11) is 0. The van der Waals surface area contributed by atoms with Crippen LogP contribution >= 0.6 is 0 Å². The Kier molecular flexibility index (Phi) is 3.83. The third kappa shape index (κ3) is 2.76. The molecule has 1 aliphatic rings. The molecule has 0 aromatic heterocycles. The first-order valence-corrected chi connectivity index (χ1v) is 5.63. The first-order valence-electron chi connectivity index (χ1n) is 5.63. The first-order chi connectivity index (χ1) is 7.90. The molecule has 0 saturated heterocycles. The van der Waals surface area contributed by atoms with Crippen molar-refractivity contribution in [3.05, 3.63) is 42.2 Å². The fraction of sp³-hybridized carbons (Fsp3) is 0.385. The summed E-state index contributed by atoms with van der Waals surface area (Å²) < 4.78 is 5.47. The maximum Gasteiger partial charge on any atom is 0.115 e. The Morgan fingerprint density at radius 3 is 3.00 bits per heavy atom. The molecule has 1 heterocycles. The molecule has 1 atom stereocenters. The van der Waals surface area contributed by atoms with Gasteiger partial charge in [-0.25, -0.2) is 0 Å². The van der Waals surface area contributed by atoms with Gasteiger partial charge in [0.1, 0.15) is 6.10 Å². The number of allylic oxidation sites excluding steroid dienone is 1. The number of hydrogen-bond donors (Lipinski definition) is 2. The number of aliphatic hydroxyl groups is 1. The Hall–Kier alpha value is -1.48. The predicted octanol–water partition coefficient (Wildman–Crippen LogP) is 2.28. The topological polar surface area (TPSA) is 41.5 Å². The van der Waals surface area contributed by atoms with Crippen LogP contribution in [0.2, 0.25) is 0 Å². The van der Waals surface area contributed by atoms with E-state index in [0.717, 1.165) is 30.6 Å². The van der Waals surface area contributed by atoms with Crippen LogP contribution in [0.5, 0.6) is 0 Å². The van der Waals surface area contributed by atoms with Crippen LogP contribution < -0.4 is 5.32 Å². The maximum absolute atomic E-state index is 9.17. The monoisotopic (exact) mass is 219 g/mol. The lowest BCUT2D eigenvalue weighted by atomic mass is 10.1. The Morgan fingerprint density at radius 2 is 2.25 bits per heavy atom. The van der Waals surface area contributed by atoms with E-state index in [9.17, 15) is 5.11 Å². The quantitative estimate of drug-likeness (QED) is 0.816. The van der Waals surface area contributed by atoms with Crippen molar-refractivity contribution in [3.63, 3.8) is 0 Å². The molecule has 0 amide bonds. The molecule has 2 rings (SSSR count). The molecule has 1 aromatic rings. The molecule has 0 spiro atoms. The second-order valence-electron chi connectivity index (χ2n) is 3.90. The predicted molar refractivity (Wildman–Crippen MR) is 64.1 cm³/mol. The van der Waals surface area contributed by atoms with E-state index in [1.54, 1.807) is 6.26 Å². The lowest BCUT2D eigenvalue weighted by Crippen LogP contribution is -2.23. The van der Waals surface area contributed by atoms with E-state index < -0.39 is 0 Å². The summed E-state index contributed by atoms with van der Waals surface area (Å²) in [5.74, 6) is 0. The van der Waals surface area contributed by atoms with E-state index in [1.807, 2.05) is 30.3 Å². The normalized spacial score (nSPS) is 19.2. The molecule has 16 heavy (non-hydrogen) atoms. The number of anilines is 1. The van der Waals surface area contributed by atoms with Crippen molar-refractivity contribution in [1.82, 2.24) is 0 Å². The molecule has 0 fully saturated rings. The van der Waals surface area contributed by atoms with Gasteiger partial charge < -0.3 is 15.2 Å². The van der Waals surface area contributed by atoms with Gasteiger partial charge in [-0.1, -0.05) is 18.2 Å². The summed E-state index contributed by atoms with van der Waals surface area (Å²) >= 11 is 0. The van der Waals surface area contributed by atoms with Crippen molar-refractivity contribution in [2.24, 2.45) is 0 Å². The van der Waals surface area contributed by atoms with Crippen LogP contribution in [0.4, 0.5) is 5.69 Å². The third-order valence-corrected chi connectivity index (χ3v) is 2.73. The first kappa shape index (κ1) is 11.0. The molecule has 2 N–H and O–H groups in total. The van der Waals surface area contributed by atoms with Gasteiger partial charge in [0.25, 0.3) is 0 Å². The highest BCUT2D eigenvalue weighted by Crippen LogP contribution is 2.16. The standard InChI is InChI=1S/C13H17NO2/c15-10-11-5-1-2-7-13(11)14-9-12-6-3-4-8-16-12/h1-2,4-5,7-8,12,14-15H,3,6,9-10H2. The van der Waals surface area contributed by atoms with Gasteiger partial charge in [-0.15, -0.1) is 0 Å². The molecule has 0 radical (unpaired) electrons. The zero-order valence-electron chi connectivity index (χ0n) is 9.23. The highest BCUT2D eigenvalue weighted by Gasteiger charge is 2.10. The van der Waals surface area contributed by atoms with E-state index in [2.05, 4.69) is 5.32 Å². The Balaban J connectivity index is 1.91. The van der Waals surface area contributed by atoms with Crippen molar-refractivity contribution in [3.8, 4) is 0 Å². The largest absolute Gasteiger partial charge is 0.497 e. The van der Waals surface area contributed by atoms with Crippen LogP contribution in [0.15, 0.2) is 36.6 Å². The minimum Gasteiger partial charge on any atom is -0.497 e. The average Bonchev–Trinajstić information content (AvgIpc) is 2.38. The number of ether oxygens (including phenoxy) is 1. The van der Waals surface area contributed by atoms with Crippen molar-refractivity contribution in [2.45, 2.75) is 25.6 Å². The van der Waals surface area contributed by atoms with Crippen LogP contribution in [0, 0.1) is 0 Å². The molecular weight excluding hydrogens is 202 g/mol. The van der Waals surface area contributed by atoms with Crippen LogP contribution in [-0.2, 0) is 11.3 Å². The summed E-state index contributed by atoms with van der Waals surface area (Å²) in [6.07, 6.45) is 6.17. The Labute approximate surface area is 95.7 Å². The Bertz CT molecular complexity index is 363. The van der Waals surface area contributed by atoms with Crippen LogP contribution in [0.25, 0.3) is 0 Å². The second-order valence-corrected chi connectivity index (χ2v) is 3.90.